The smallest absolute Gasteiger partial charge is 0.338 e. The van der Waals surface area contributed by atoms with Crippen LogP contribution in [-0.2, 0) is 10.0 Å². The van der Waals surface area contributed by atoms with Crippen molar-refractivity contribution in [3.05, 3.63) is 28.5 Å². The number of hydrogen-bond donors (Lipinski definition) is 2. The Balaban J connectivity index is 2.47. The van der Waals surface area contributed by atoms with Crippen LogP contribution in [0.5, 0.6) is 0 Å². The second-order valence-electron chi connectivity index (χ2n) is 4.71. The van der Waals surface area contributed by atoms with Crippen LogP contribution in [0.2, 0.25) is 5.02 Å². The molecule has 9 heteroatoms. The Morgan fingerprint density at radius 3 is 2.43 bits per heavy atom. The zero-order chi connectivity index (χ0) is 15.8. The number of sulfonamides is 1. The van der Waals surface area contributed by atoms with E-state index < -0.39 is 38.4 Å². The lowest BCUT2D eigenvalue weighted by Crippen LogP contribution is -2.40. The SMILES string of the molecule is O=C(O)c1cc(Cl)cc(S(=O)(=O)N2CCC(O)CC2)c1F. The van der Waals surface area contributed by atoms with Crippen molar-refractivity contribution in [3.8, 4) is 0 Å². The summed E-state index contributed by atoms with van der Waals surface area (Å²) in [6.45, 7) is 0.0791. The molecule has 21 heavy (non-hydrogen) atoms. The number of piperidine rings is 1. The summed E-state index contributed by atoms with van der Waals surface area (Å²) < 4.78 is 39.9. The molecule has 1 aliphatic rings. The monoisotopic (exact) mass is 337 g/mol. The first-order chi connectivity index (χ1) is 9.73. The Morgan fingerprint density at radius 1 is 1.33 bits per heavy atom. The number of carboxylic acids is 1. The van der Waals surface area contributed by atoms with Crippen molar-refractivity contribution < 1.29 is 27.8 Å². The van der Waals surface area contributed by atoms with E-state index in [0.717, 1.165) is 16.4 Å². The second kappa shape index (κ2) is 5.88. The number of aliphatic hydroxyl groups excluding tert-OH is 1. The number of benzene rings is 1. The van der Waals surface area contributed by atoms with Gasteiger partial charge in [-0.25, -0.2) is 17.6 Å². The standard InChI is InChI=1S/C12H13ClFNO5S/c13-7-5-9(12(17)18)11(14)10(6-7)21(19,20)15-3-1-8(16)2-4-15/h5-6,8,16H,1-4H2,(H,17,18). The summed E-state index contributed by atoms with van der Waals surface area (Å²) in [6, 6.07) is 1.75. The van der Waals surface area contributed by atoms with Crippen LogP contribution in [0, 0.1) is 5.82 Å². The molecule has 1 fully saturated rings. The third-order valence-electron chi connectivity index (χ3n) is 3.28. The van der Waals surface area contributed by atoms with Crippen LogP contribution in [0.4, 0.5) is 4.39 Å². The molecule has 116 valence electrons. The van der Waals surface area contributed by atoms with Gasteiger partial charge in [-0.2, -0.15) is 4.31 Å². The first-order valence-corrected chi connectivity index (χ1v) is 7.96. The molecule has 1 saturated heterocycles. The van der Waals surface area contributed by atoms with E-state index >= 15 is 0 Å². The molecule has 0 saturated carbocycles. The molecule has 1 aliphatic heterocycles. The van der Waals surface area contributed by atoms with Crippen LogP contribution in [0.3, 0.4) is 0 Å². The summed E-state index contributed by atoms with van der Waals surface area (Å²) in [5, 5.41) is 18.1. The fourth-order valence-electron chi connectivity index (χ4n) is 2.13. The van der Waals surface area contributed by atoms with E-state index in [1.165, 1.54) is 0 Å². The minimum absolute atomic E-state index is 0.0395. The van der Waals surface area contributed by atoms with Crippen LogP contribution in [0.25, 0.3) is 0 Å². The van der Waals surface area contributed by atoms with Crippen molar-refractivity contribution in [2.75, 3.05) is 13.1 Å². The van der Waals surface area contributed by atoms with Crippen LogP contribution in [0.15, 0.2) is 17.0 Å². The van der Waals surface area contributed by atoms with Crippen LogP contribution in [0.1, 0.15) is 23.2 Å². The number of nitrogens with zero attached hydrogens (tertiary/aromatic N) is 1. The number of rotatable bonds is 3. The molecule has 0 aromatic heterocycles. The molecule has 1 heterocycles. The second-order valence-corrected chi connectivity index (χ2v) is 7.05. The van der Waals surface area contributed by atoms with Gasteiger partial charge < -0.3 is 10.2 Å². The number of aliphatic hydroxyl groups is 1. The van der Waals surface area contributed by atoms with Gasteiger partial charge in [0.2, 0.25) is 10.0 Å². The highest BCUT2D eigenvalue weighted by Gasteiger charge is 2.32. The summed E-state index contributed by atoms with van der Waals surface area (Å²) in [6.07, 6.45) is -0.101. The third-order valence-corrected chi connectivity index (χ3v) is 5.39. The van der Waals surface area contributed by atoms with Gasteiger partial charge in [0.15, 0.2) is 5.82 Å². The van der Waals surface area contributed by atoms with E-state index in [1.54, 1.807) is 0 Å². The maximum atomic E-state index is 14.1. The number of aromatic carboxylic acids is 1. The van der Waals surface area contributed by atoms with Crippen molar-refractivity contribution in [1.82, 2.24) is 4.31 Å². The molecule has 0 atom stereocenters. The predicted octanol–water partition coefficient (Wildman–Crippen LogP) is 1.32. The Hall–Kier alpha value is -1.22. The van der Waals surface area contributed by atoms with Crippen LogP contribution < -0.4 is 0 Å². The molecule has 2 rings (SSSR count). The van der Waals surface area contributed by atoms with Gasteiger partial charge in [-0.05, 0) is 25.0 Å². The third kappa shape index (κ3) is 3.18. The van der Waals surface area contributed by atoms with E-state index in [-0.39, 0.29) is 31.0 Å². The van der Waals surface area contributed by atoms with Gasteiger partial charge in [0.1, 0.15) is 4.90 Å². The predicted molar refractivity (Wildman–Crippen MR) is 72.4 cm³/mol. The minimum atomic E-state index is -4.20. The van der Waals surface area contributed by atoms with Gasteiger partial charge in [-0.1, -0.05) is 11.6 Å². The van der Waals surface area contributed by atoms with Crippen LogP contribution in [-0.4, -0.2) is 48.1 Å². The summed E-state index contributed by atoms with van der Waals surface area (Å²) in [4.78, 5) is 10.2. The van der Waals surface area contributed by atoms with Crippen LogP contribution >= 0.6 is 11.6 Å². The molecule has 0 unspecified atom stereocenters. The molecule has 0 radical (unpaired) electrons. The first kappa shape index (κ1) is 16.2. The lowest BCUT2D eigenvalue weighted by molar-refractivity contribution is 0.0691. The zero-order valence-corrected chi connectivity index (χ0v) is 12.4. The Kier molecular flexibility index (Phi) is 4.52. The maximum absolute atomic E-state index is 14.1. The van der Waals surface area contributed by atoms with Gasteiger partial charge in [-0.3, -0.25) is 0 Å². The first-order valence-electron chi connectivity index (χ1n) is 6.14. The summed E-state index contributed by atoms with van der Waals surface area (Å²) in [7, 11) is -4.20. The topological polar surface area (TPSA) is 94.9 Å². The number of carbonyl (C=O) groups is 1. The van der Waals surface area contributed by atoms with Gasteiger partial charge in [0.05, 0.1) is 11.7 Å². The van der Waals surface area contributed by atoms with Gasteiger partial charge in [0.25, 0.3) is 0 Å². The highest BCUT2D eigenvalue weighted by molar-refractivity contribution is 7.89. The molecule has 1 aromatic rings. The lowest BCUT2D eigenvalue weighted by Gasteiger charge is -2.29. The van der Waals surface area contributed by atoms with E-state index in [4.69, 9.17) is 16.7 Å². The van der Waals surface area contributed by atoms with Gasteiger partial charge in [-0.15, -0.1) is 0 Å². The number of hydrogen-bond acceptors (Lipinski definition) is 4. The fraction of sp³-hybridized carbons (Fsp3) is 0.417. The van der Waals surface area contributed by atoms with Crippen molar-refractivity contribution >= 4 is 27.6 Å². The van der Waals surface area contributed by atoms with Crippen molar-refractivity contribution in [3.63, 3.8) is 0 Å². The van der Waals surface area contributed by atoms with E-state index in [9.17, 15) is 22.7 Å². The average molecular weight is 338 g/mol. The van der Waals surface area contributed by atoms with E-state index in [1.807, 2.05) is 0 Å². The maximum Gasteiger partial charge on any atom is 0.338 e. The molecule has 0 spiro atoms. The van der Waals surface area contributed by atoms with Crippen molar-refractivity contribution in [2.45, 2.75) is 23.8 Å². The quantitative estimate of drug-likeness (QED) is 0.867. The van der Waals surface area contributed by atoms with Gasteiger partial charge >= 0.3 is 5.97 Å². The summed E-state index contributed by atoms with van der Waals surface area (Å²) in [5.41, 5.74) is -0.793. The Labute approximate surface area is 125 Å². The molecular formula is C12H13ClFNO5S. The minimum Gasteiger partial charge on any atom is -0.478 e. The van der Waals surface area contributed by atoms with E-state index in [0.29, 0.717) is 0 Å². The lowest BCUT2D eigenvalue weighted by atomic mass is 10.1. The molecule has 6 nitrogen and oxygen atoms in total. The average Bonchev–Trinajstić information content (AvgIpc) is 2.41. The molecule has 2 N–H and O–H groups in total. The van der Waals surface area contributed by atoms with Crippen molar-refractivity contribution in [1.29, 1.82) is 0 Å². The number of halogens is 2. The summed E-state index contributed by atoms with van der Waals surface area (Å²) in [5.74, 6) is -2.93. The summed E-state index contributed by atoms with van der Waals surface area (Å²) >= 11 is 5.68. The highest BCUT2D eigenvalue weighted by Crippen LogP contribution is 2.28. The molecule has 1 aromatic carbocycles. The highest BCUT2D eigenvalue weighted by atomic mass is 35.5. The largest absolute Gasteiger partial charge is 0.478 e. The molecular weight excluding hydrogens is 325 g/mol. The number of carboxylic acid groups (broad SMARTS) is 1. The fourth-order valence-corrected chi connectivity index (χ4v) is 3.99. The molecule has 0 amide bonds. The molecule has 0 bridgehead atoms. The molecule has 0 aliphatic carbocycles. The Morgan fingerprint density at radius 2 is 1.90 bits per heavy atom. The normalized spacial score (nSPS) is 17.9. The van der Waals surface area contributed by atoms with E-state index in [2.05, 4.69) is 0 Å². The zero-order valence-electron chi connectivity index (χ0n) is 10.8. The van der Waals surface area contributed by atoms with Crippen molar-refractivity contribution in [2.24, 2.45) is 0 Å². The Bertz CT molecular complexity index is 670. The van der Waals surface area contributed by atoms with Gasteiger partial charge in [0, 0.05) is 18.1 Å².